The molecule has 1 aliphatic heterocycles. The average molecular weight is 364 g/mol. The Morgan fingerprint density at radius 1 is 1.04 bits per heavy atom. The molecule has 1 fully saturated rings. The van der Waals surface area contributed by atoms with E-state index >= 15 is 0 Å². The van der Waals surface area contributed by atoms with Gasteiger partial charge in [-0.1, -0.05) is 29.8 Å². The first-order valence-corrected chi connectivity index (χ1v) is 9.58. The molecule has 4 nitrogen and oxygen atoms in total. The Morgan fingerprint density at radius 2 is 1.74 bits per heavy atom. The van der Waals surface area contributed by atoms with Gasteiger partial charge in [0.25, 0.3) is 5.91 Å². The summed E-state index contributed by atoms with van der Waals surface area (Å²) >= 11 is 0. The van der Waals surface area contributed by atoms with E-state index in [1.54, 1.807) is 4.90 Å². The van der Waals surface area contributed by atoms with Crippen LogP contribution in [-0.2, 0) is 4.79 Å². The van der Waals surface area contributed by atoms with E-state index in [0.29, 0.717) is 18.7 Å². The summed E-state index contributed by atoms with van der Waals surface area (Å²) in [4.78, 5) is 29.5. The van der Waals surface area contributed by atoms with Gasteiger partial charge >= 0.3 is 0 Å². The van der Waals surface area contributed by atoms with Crippen molar-refractivity contribution in [3.05, 3.63) is 64.7 Å². The minimum absolute atomic E-state index is 0.0156. The van der Waals surface area contributed by atoms with Crippen LogP contribution in [0, 0.1) is 26.7 Å². The van der Waals surface area contributed by atoms with Gasteiger partial charge in [0.15, 0.2) is 0 Å². The quantitative estimate of drug-likeness (QED) is 0.822. The Kier molecular flexibility index (Phi) is 5.64. The van der Waals surface area contributed by atoms with Crippen LogP contribution in [0.4, 0.5) is 5.69 Å². The lowest BCUT2D eigenvalue weighted by Crippen LogP contribution is -2.46. The van der Waals surface area contributed by atoms with Crippen molar-refractivity contribution in [1.29, 1.82) is 0 Å². The number of carbonyl (C=O) groups excluding carboxylic acids is 2. The number of hydrogen-bond acceptors (Lipinski definition) is 2. The van der Waals surface area contributed by atoms with Gasteiger partial charge in [0.1, 0.15) is 0 Å². The van der Waals surface area contributed by atoms with Crippen LogP contribution >= 0.6 is 0 Å². The maximum absolute atomic E-state index is 13.1. The zero-order chi connectivity index (χ0) is 19.6. The standard InChI is InChI=1S/C23H28N2O2/c1-16-10-12-19(13-11-16)23(27)25-14-6-8-20(15-25)22(26)24(4)21-9-5-7-17(2)18(21)3/h5,7,9-13,20H,6,8,14-15H2,1-4H3. The van der Waals surface area contributed by atoms with Crippen LogP contribution in [0.15, 0.2) is 42.5 Å². The highest BCUT2D eigenvalue weighted by Gasteiger charge is 2.31. The molecule has 2 aromatic carbocycles. The number of amides is 2. The van der Waals surface area contributed by atoms with Crippen LogP contribution in [0.5, 0.6) is 0 Å². The van der Waals surface area contributed by atoms with Crippen LogP contribution in [0.3, 0.4) is 0 Å². The molecule has 0 aliphatic carbocycles. The van der Waals surface area contributed by atoms with Crippen LogP contribution < -0.4 is 4.90 Å². The third-order valence-corrected chi connectivity index (χ3v) is 5.62. The van der Waals surface area contributed by atoms with Gasteiger partial charge in [-0.15, -0.1) is 0 Å². The molecule has 0 spiro atoms. The number of rotatable bonds is 3. The predicted octanol–water partition coefficient (Wildman–Crippen LogP) is 4.13. The Hall–Kier alpha value is -2.62. The number of hydrogen-bond donors (Lipinski definition) is 0. The molecule has 27 heavy (non-hydrogen) atoms. The highest BCUT2D eigenvalue weighted by Crippen LogP contribution is 2.26. The lowest BCUT2D eigenvalue weighted by atomic mass is 9.95. The fourth-order valence-electron chi connectivity index (χ4n) is 3.73. The number of likely N-dealkylation sites (tertiary alicyclic amines) is 1. The molecule has 142 valence electrons. The smallest absolute Gasteiger partial charge is 0.253 e. The van der Waals surface area contributed by atoms with E-state index in [-0.39, 0.29) is 17.7 Å². The highest BCUT2D eigenvalue weighted by molar-refractivity contribution is 5.97. The normalized spacial score (nSPS) is 16.9. The molecule has 1 aliphatic rings. The minimum Gasteiger partial charge on any atom is -0.338 e. The van der Waals surface area contributed by atoms with Crippen molar-refractivity contribution in [3.8, 4) is 0 Å². The molecule has 0 radical (unpaired) electrons. The largest absolute Gasteiger partial charge is 0.338 e. The van der Waals surface area contributed by atoms with Crippen LogP contribution in [-0.4, -0.2) is 36.9 Å². The number of aryl methyl sites for hydroxylation is 2. The fraction of sp³-hybridized carbons (Fsp3) is 0.391. The van der Waals surface area contributed by atoms with E-state index in [0.717, 1.165) is 29.7 Å². The van der Waals surface area contributed by atoms with Gasteiger partial charge in [0.2, 0.25) is 5.91 Å². The van der Waals surface area contributed by atoms with Crippen molar-refractivity contribution in [2.75, 3.05) is 25.0 Å². The summed E-state index contributed by atoms with van der Waals surface area (Å²) in [5.41, 5.74) is 5.07. The van der Waals surface area contributed by atoms with E-state index < -0.39 is 0 Å². The molecule has 1 saturated heterocycles. The summed E-state index contributed by atoms with van der Waals surface area (Å²) in [6.07, 6.45) is 1.68. The summed E-state index contributed by atoms with van der Waals surface area (Å²) in [6.45, 7) is 7.31. The third kappa shape index (κ3) is 4.05. The zero-order valence-electron chi connectivity index (χ0n) is 16.7. The molecule has 0 N–H and O–H groups in total. The maximum Gasteiger partial charge on any atom is 0.253 e. The molecular formula is C23H28N2O2. The first-order chi connectivity index (χ1) is 12.9. The van der Waals surface area contributed by atoms with Crippen molar-refractivity contribution in [2.45, 2.75) is 33.6 Å². The average Bonchev–Trinajstić information content (AvgIpc) is 2.69. The van der Waals surface area contributed by atoms with Crippen molar-refractivity contribution >= 4 is 17.5 Å². The van der Waals surface area contributed by atoms with Gasteiger partial charge in [-0.2, -0.15) is 0 Å². The van der Waals surface area contributed by atoms with Crippen molar-refractivity contribution < 1.29 is 9.59 Å². The molecule has 4 heteroatoms. The molecule has 2 amide bonds. The van der Waals surface area contributed by atoms with Crippen LogP contribution in [0.25, 0.3) is 0 Å². The number of piperidine rings is 1. The molecular weight excluding hydrogens is 336 g/mol. The fourth-order valence-corrected chi connectivity index (χ4v) is 3.73. The monoisotopic (exact) mass is 364 g/mol. The summed E-state index contributed by atoms with van der Waals surface area (Å²) in [5.74, 6) is -0.0509. The van der Waals surface area contributed by atoms with E-state index in [1.165, 1.54) is 5.56 Å². The SMILES string of the molecule is Cc1ccc(C(=O)N2CCCC(C(=O)N(C)c3cccc(C)c3C)C2)cc1. The Balaban J connectivity index is 1.73. The van der Waals surface area contributed by atoms with Crippen molar-refractivity contribution in [3.63, 3.8) is 0 Å². The molecule has 2 aromatic rings. The number of benzene rings is 2. The van der Waals surface area contributed by atoms with E-state index in [1.807, 2.05) is 62.2 Å². The second kappa shape index (κ2) is 7.95. The van der Waals surface area contributed by atoms with Crippen LogP contribution in [0.1, 0.15) is 39.9 Å². The molecule has 0 aromatic heterocycles. The van der Waals surface area contributed by atoms with Gasteiger partial charge in [0.05, 0.1) is 5.92 Å². The maximum atomic E-state index is 13.1. The minimum atomic E-state index is -0.155. The van der Waals surface area contributed by atoms with Crippen molar-refractivity contribution in [2.24, 2.45) is 5.92 Å². The predicted molar refractivity (Wildman–Crippen MR) is 109 cm³/mol. The van der Waals surface area contributed by atoms with Gasteiger partial charge in [-0.25, -0.2) is 0 Å². The van der Waals surface area contributed by atoms with Gasteiger partial charge in [-0.3, -0.25) is 9.59 Å². The molecule has 3 rings (SSSR count). The number of anilines is 1. The van der Waals surface area contributed by atoms with Gasteiger partial charge in [0, 0.05) is 31.4 Å². The second-order valence-electron chi connectivity index (χ2n) is 7.57. The summed E-state index contributed by atoms with van der Waals surface area (Å²) in [5, 5.41) is 0. The van der Waals surface area contributed by atoms with Crippen molar-refractivity contribution in [1.82, 2.24) is 4.90 Å². The Labute approximate surface area is 161 Å². The number of nitrogens with zero attached hydrogens (tertiary/aromatic N) is 2. The van der Waals surface area contributed by atoms with E-state index in [9.17, 15) is 9.59 Å². The van der Waals surface area contributed by atoms with E-state index in [2.05, 4.69) is 13.0 Å². The number of carbonyl (C=O) groups is 2. The van der Waals surface area contributed by atoms with Gasteiger partial charge in [-0.05, 0) is 62.9 Å². The molecule has 1 heterocycles. The molecule has 0 bridgehead atoms. The van der Waals surface area contributed by atoms with E-state index in [4.69, 9.17) is 0 Å². The first-order valence-electron chi connectivity index (χ1n) is 9.58. The topological polar surface area (TPSA) is 40.6 Å². The lowest BCUT2D eigenvalue weighted by molar-refractivity contribution is -0.123. The summed E-state index contributed by atoms with van der Waals surface area (Å²) in [7, 11) is 1.84. The summed E-state index contributed by atoms with van der Waals surface area (Å²) in [6, 6.07) is 13.7. The van der Waals surface area contributed by atoms with Gasteiger partial charge < -0.3 is 9.80 Å². The summed E-state index contributed by atoms with van der Waals surface area (Å²) < 4.78 is 0. The molecule has 0 saturated carbocycles. The Bertz CT molecular complexity index is 842. The second-order valence-corrected chi connectivity index (χ2v) is 7.57. The Morgan fingerprint density at radius 3 is 2.44 bits per heavy atom. The molecule has 1 atom stereocenters. The third-order valence-electron chi connectivity index (χ3n) is 5.62. The molecule has 1 unspecified atom stereocenters. The zero-order valence-corrected chi connectivity index (χ0v) is 16.7. The highest BCUT2D eigenvalue weighted by atomic mass is 16.2. The first kappa shape index (κ1) is 19.2. The van der Waals surface area contributed by atoms with Crippen LogP contribution in [0.2, 0.25) is 0 Å². The lowest BCUT2D eigenvalue weighted by Gasteiger charge is -2.34.